The van der Waals surface area contributed by atoms with Crippen LogP contribution >= 0.6 is 0 Å². The topological polar surface area (TPSA) is 29.1 Å². The molecule has 0 aliphatic heterocycles. The van der Waals surface area contributed by atoms with Gasteiger partial charge in [-0.15, -0.1) is 0 Å². The predicted molar refractivity (Wildman–Crippen MR) is 88.2 cm³/mol. The minimum Gasteiger partial charge on any atom is -0.355 e. The number of carbonyl (C=O) groups excluding carboxylic acids is 1. The number of hydrogen-bond acceptors (Lipinski definition) is 2. The summed E-state index contributed by atoms with van der Waals surface area (Å²) in [6, 6.07) is 0. The van der Waals surface area contributed by atoms with Gasteiger partial charge in [0.05, 0.1) is 0 Å². The van der Waals surface area contributed by atoms with Crippen molar-refractivity contribution < 1.29 is 4.79 Å². The molecule has 0 radical (unpaired) electrons. The summed E-state index contributed by atoms with van der Waals surface area (Å²) in [6.07, 6.45) is 9.25. The van der Waals surface area contributed by atoms with Crippen LogP contribution in [-0.2, 0) is 4.79 Å². The Morgan fingerprint density at radius 1 is 1.15 bits per heavy atom. The van der Waals surface area contributed by atoms with E-state index in [0.29, 0.717) is 5.57 Å². The lowest BCUT2D eigenvalue weighted by Crippen LogP contribution is -2.14. The molecule has 0 spiro atoms. The van der Waals surface area contributed by atoms with Crippen molar-refractivity contribution in [3.05, 3.63) is 71.7 Å². The number of nitrogens with one attached hydrogen (secondary N) is 1. The third-order valence-corrected chi connectivity index (χ3v) is 2.65. The molecule has 1 N–H and O–H groups in total. The van der Waals surface area contributed by atoms with Crippen molar-refractivity contribution in [1.29, 1.82) is 0 Å². The zero-order chi connectivity index (χ0) is 15.7. The van der Waals surface area contributed by atoms with E-state index in [-0.39, 0.29) is 5.78 Å². The fourth-order valence-corrected chi connectivity index (χ4v) is 1.39. The molecule has 0 aliphatic rings. The zero-order valence-electron chi connectivity index (χ0n) is 13.2. The molecule has 2 heteroatoms. The van der Waals surface area contributed by atoms with Crippen molar-refractivity contribution in [2.24, 2.45) is 0 Å². The third kappa shape index (κ3) is 6.19. The minimum atomic E-state index is -0.00476. The van der Waals surface area contributed by atoms with Gasteiger partial charge in [-0.05, 0) is 52.3 Å². The Balaban J connectivity index is 5.55. The minimum absolute atomic E-state index is 0.00476. The number of ketones is 1. The van der Waals surface area contributed by atoms with Gasteiger partial charge >= 0.3 is 0 Å². The maximum absolute atomic E-state index is 11.5. The van der Waals surface area contributed by atoms with E-state index < -0.39 is 0 Å². The number of rotatable bonds is 7. The molecule has 0 amide bonds. The van der Waals surface area contributed by atoms with E-state index in [2.05, 4.69) is 18.5 Å². The summed E-state index contributed by atoms with van der Waals surface area (Å²) in [5.74, 6) is -0.00476. The van der Waals surface area contributed by atoms with Crippen LogP contribution in [0.1, 0.15) is 34.6 Å². The highest BCUT2D eigenvalue weighted by Crippen LogP contribution is 2.13. The van der Waals surface area contributed by atoms with Gasteiger partial charge in [-0.1, -0.05) is 37.0 Å². The van der Waals surface area contributed by atoms with Crippen molar-refractivity contribution in [2.45, 2.75) is 34.6 Å². The molecule has 0 saturated heterocycles. The third-order valence-electron chi connectivity index (χ3n) is 2.65. The van der Waals surface area contributed by atoms with Crippen LogP contribution in [0.25, 0.3) is 0 Å². The molecule has 0 fully saturated rings. The Kier molecular flexibility index (Phi) is 7.98. The molecule has 0 aliphatic carbocycles. The van der Waals surface area contributed by atoms with E-state index in [4.69, 9.17) is 0 Å². The van der Waals surface area contributed by atoms with Gasteiger partial charge in [0, 0.05) is 17.0 Å². The van der Waals surface area contributed by atoms with E-state index in [0.717, 1.165) is 22.5 Å². The number of Topliss-reactive ketones (excluding diaryl/α,β-unsaturated/α-hetero) is 1. The number of carbonyl (C=O) groups is 1. The van der Waals surface area contributed by atoms with Crippen LogP contribution < -0.4 is 5.32 Å². The molecular formula is C18H25NO. The summed E-state index contributed by atoms with van der Waals surface area (Å²) < 4.78 is 0. The summed E-state index contributed by atoms with van der Waals surface area (Å²) >= 11 is 0. The first-order valence-electron chi connectivity index (χ1n) is 6.61. The summed E-state index contributed by atoms with van der Waals surface area (Å²) in [5.41, 5.74) is 4.40. The monoisotopic (exact) mass is 271 g/mol. The molecule has 0 aromatic heterocycles. The lowest BCUT2D eigenvalue weighted by Gasteiger charge is -2.14. The van der Waals surface area contributed by atoms with E-state index in [1.54, 1.807) is 6.08 Å². The molecule has 0 aromatic carbocycles. The molecule has 0 bridgehead atoms. The largest absolute Gasteiger partial charge is 0.355 e. The van der Waals surface area contributed by atoms with Crippen molar-refractivity contribution in [3.8, 4) is 0 Å². The molecule has 108 valence electrons. The molecule has 0 rings (SSSR count). The molecule has 0 aromatic rings. The molecule has 0 saturated carbocycles. The average Bonchev–Trinajstić information content (AvgIpc) is 2.36. The summed E-state index contributed by atoms with van der Waals surface area (Å²) in [6.45, 7) is 17.0. The van der Waals surface area contributed by atoms with Crippen molar-refractivity contribution in [3.63, 3.8) is 0 Å². The lowest BCUT2D eigenvalue weighted by atomic mass is 10.1. The van der Waals surface area contributed by atoms with Gasteiger partial charge in [0.2, 0.25) is 0 Å². The molecule has 0 atom stereocenters. The predicted octanol–water partition coefficient (Wildman–Crippen LogP) is 4.61. The first kappa shape index (κ1) is 17.9. The molecule has 2 nitrogen and oxygen atoms in total. The summed E-state index contributed by atoms with van der Waals surface area (Å²) in [7, 11) is 0. The van der Waals surface area contributed by atoms with Crippen LogP contribution in [0.4, 0.5) is 0 Å². The Morgan fingerprint density at radius 2 is 1.75 bits per heavy atom. The van der Waals surface area contributed by atoms with Gasteiger partial charge in [0.1, 0.15) is 0 Å². The summed E-state index contributed by atoms with van der Waals surface area (Å²) in [4.78, 5) is 11.5. The van der Waals surface area contributed by atoms with Gasteiger partial charge in [-0.25, -0.2) is 0 Å². The average molecular weight is 271 g/mol. The van der Waals surface area contributed by atoms with Crippen LogP contribution in [0, 0.1) is 0 Å². The smallest absolute Gasteiger partial charge is 0.159 e. The highest BCUT2D eigenvalue weighted by atomic mass is 16.1. The van der Waals surface area contributed by atoms with Crippen molar-refractivity contribution in [2.75, 3.05) is 0 Å². The van der Waals surface area contributed by atoms with E-state index >= 15 is 0 Å². The second-order valence-electron chi connectivity index (χ2n) is 4.79. The molecule has 0 heterocycles. The number of allylic oxidation sites excluding steroid dienone is 8. The van der Waals surface area contributed by atoms with Crippen LogP contribution in [0.3, 0.4) is 0 Å². The second-order valence-corrected chi connectivity index (χ2v) is 4.79. The maximum Gasteiger partial charge on any atom is 0.159 e. The Morgan fingerprint density at radius 3 is 2.10 bits per heavy atom. The van der Waals surface area contributed by atoms with Crippen LogP contribution in [0.2, 0.25) is 0 Å². The van der Waals surface area contributed by atoms with Crippen LogP contribution in [0.5, 0.6) is 0 Å². The Labute approximate surface area is 123 Å². The second kappa shape index (κ2) is 8.92. The fourth-order valence-electron chi connectivity index (χ4n) is 1.39. The molecular weight excluding hydrogens is 246 g/mol. The van der Waals surface area contributed by atoms with Gasteiger partial charge in [-0.2, -0.15) is 0 Å². The normalized spacial score (nSPS) is 12.2. The van der Waals surface area contributed by atoms with Crippen molar-refractivity contribution in [1.82, 2.24) is 5.32 Å². The fraction of sp³-hybridized carbons (Fsp3) is 0.278. The van der Waals surface area contributed by atoms with E-state index in [1.807, 2.05) is 52.0 Å². The number of hydrogen-bond donors (Lipinski definition) is 1. The SMILES string of the molecule is C=C/C(=C\C(N/C(=C/C=C\C)C(=C)C)=C(C)C)C(C)=O. The molecule has 20 heavy (non-hydrogen) atoms. The molecule has 0 unspecified atom stereocenters. The van der Waals surface area contributed by atoms with Gasteiger partial charge < -0.3 is 5.32 Å². The Hall–Kier alpha value is -2.09. The van der Waals surface area contributed by atoms with Crippen LogP contribution in [-0.4, -0.2) is 5.78 Å². The zero-order valence-corrected chi connectivity index (χ0v) is 13.2. The quantitative estimate of drug-likeness (QED) is 0.541. The Bertz CT molecular complexity index is 510. The highest BCUT2D eigenvalue weighted by molar-refractivity contribution is 5.96. The van der Waals surface area contributed by atoms with Gasteiger partial charge in [-0.3, -0.25) is 4.79 Å². The maximum atomic E-state index is 11.5. The van der Waals surface area contributed by atoms with Crippen LogP contribution in [0.15, 0.2) is 71.7 Å². The summed E-state index contributed by atoms with van der Waals surface area (Å²) in [5, 5.41) is 3.32. The highest BCUT2D eigenvalue weighted by Gasteiger charge is 2.05. The van der Waals surface area contributed by atoms with E-state index in [9.17, 15) is 4.79 Å². The van der Waals surface area contributed by atoms with Gasteiger partial charge in [0.25, 0.3) is 0 Å². The standard InChI is InChI=1S/C18H25NO/c1-8-10-11-17(13(3)4)19-18(14(5)6)12-16(9-2)15(7)20/h8-12,19H,2-3H2,1,4-7H3/b10-8-,16-12+,17-11+. The van der Waals surface area contributed by atoms with E-state index in [1.165, 1.54) is 6.92 Å². The first-order valence-corrected chi connectivity index (χ1v) is 6.61. The lowest BCUT2D eigenvalue weighted by molar-refractivity contribution is -0.113. The van der Waals surface area contributed by atoms with Crippen molar-refractivity contribution >= 4 is 5.78 Å². The first-order chi connectivity index (χ1) is 9.33. The van der Waals surface area contributed by atoms with Gasteiger partial charge in [0.15, 0.2) is 5.78 Å².